The number of carbonyl (C=O) groups is 1. The van der Waals surface area contributed by atoms with Crippen molar-refractivity contribution in [1.82, 2.24) is 5.32 Å². The van der Waals surface area contributed by atoms with E-state index in [2.05, 4.69) is 27.9 Å². The zero-order valence-electron chi connectivity index (χ0n) is 8.00. The minimum atomic E-state index is -0.0928. The number of benzene rings is 1. The fourth-order valence-electron chi connectivity index (χ4n) is 1.03. The number of hydrogen-bond acceptors (Lipinski definition) is 2. The summed E-state index contributed by atoms with van der Waals surface area (Å²) in [7, 11) is 0. The second kappa shape index (κ2) is 6.02. The molecule has 0 unspecified atom stereocenters. The number of nitrogens with two attached hydrogens (primary N) is 1. The minimum absolute atomic E-state index is 0.0928. The smallest absolute Gasteiger partial charge is 0.251 e. The lowest BCUT2D eigenvalue weighted by Crippen LogP contribution is -2.27. The molecule has 1 aromatic carbocycles. The summed E-state index contributed by atoms with van der Waals surface area (Å²) in [6, 6.07) is 7.39. The van der Waals surface area contributed by atoms with Gasteiger partial charge in [0.1, 0.15) is 0 Å². The number of amides is 1. The van der Waals surface area contributed by atoms with Crippen molar-refractivity contribution in [1.29, 1.82) is 0 Å². The molecule has 1 rings (SSSR count). The molecule has 0 atom stereocenters. The molecule has 0 heterocycles. The maximum atomic E-state index is 11.6. The number of hydrogen-bond donors (Lipinski definition) is 2. The summed E-state index contributed by atoms with van der Waals surface area (Å²) in [5.41, 5.74) is 5.98. The van der Waals surface area contributed by atoms with Crippen molar-refractivity contribution in [3.8, 4) is 0 Å². The number of rotatable bonds is 4. The number of thiocarbonyl (C=S) groups is 1. The van der Waals surface area contributed by atoms with E-state index in [1.807, 2.05) is 18.2 Å². The number of halogens is 1. The van der Waals surface area contributed by atoms with Gasteiger partial charge in [-0.1, -0.05) is 18.3 Å². The molecular weight excluding hydrogens is 323 g/mol. The summed E-state index contributed by atoms with van der Waals surface area (Å²) in [6.45, 7) is 0.486. The van der Waals surface area contributed by atoms with Crippen LogP contribution in [0.2, 0.25) is 0 Å². The van der Waals surface area contributed by atoms with Crippen molar-refractivity contribution in [3.63, 3.8) is 0 Å². The molecule has 0 bridgehead atoms. The van der Waals surface area contributed by atoms with Crippen LogP contribution in [0.25, 0.3) is 0 Å². The average Bonchev–Trinajstić information content (AvgIpc) is 2.17. The molecule has 80 valence electrons. The van der Waals surface area contributed by atoms with E-state index in [0.717, 1.165) is 3.57 Å². The number of carbonyl (C=O) groups excluding carboxylic acids is 1. The monoisotopic (exact) mass is 334 g/mol. The summed E-state index contributed by atoms with van der Waals surface area (Å²) in [6.07, 6.45) is 0.533. The second-order valence-electron chi connectivity index (χ2n) is 2.98. The van der Waals surface area contributed by atoms with E-state index in [0.29, 0.717) is 23.5 Å². The zero-order valence-corrected chi connectivity index (χ0v) is 11.0. The third kappa shape index (κ3) is 4.57. The van der Waals surface area contributed by atoms with Gasteiger partial charge in [0.25, 0.3) is 5.91 Å². The Labute approximate surface area is 108 Å². The van der Waals surface area contributed by atoms with Crippen LogP contribution in [0.1, 0.15) is 16.8 Å². The first-order valence-electron chi connectivity index (χ1n) is 4.41. The van der Waals surface area contributed by atoms with Crippen LogP contribution >= 0.6 is 34.8 Å². The maximum absolute atomic E-state index is 11.6. The van der Waals surface area contributed by atoms with Gasteiger partial charge in [-0.3, -0.25) is 4.79 Å². The highest BCUT2D eigenvalue weighted by molar-refractivity contribution is 14.1. The van der Waals surface area contributed by atoms with E-state index in [1.165, 1.54) is 0 Å². The Kier molecular flexibility index (Phi) is 4.97. The molecule has 0 aliphatic heterocycles. The summed E-state index contributed by atoms with van der Waals surface area (Å²) in [5.74, 6) is -0.0928. The first-order valence-corrected chi connectivity index (χ1v) is 5.90. The van der Waals surface area contributed by atoms with Crippen LogP contribution < -0.4 is 11.1 Å². The van der Waals surface area contributed by atoms with Gasteiger partial charge in [0.05, 0.1) is 4.99 Å². The predicted octanol–water partition coefficient (Wildman–Crippen LogP) is 1.70. The fraction of sp³-hybridized carbons (Fsp3) is 0.200. The van der Waals surface area contributed by atoms with Crippen molar-refractivity contribution >= 4 is 45.7 Å². The van der Waals surface area contributed by atoms with Gasteiger partial charge in [0, 0.05) is 22.1 Å². The first-order chi connectivity index (χ1) is 7.09. The molecule has 0 aromatic heterocycles. The third-order valence-electron chi connectivity index (χ3n) is 1.74. The molecule has 0 saturated heterocycles. The van der Waals surface area contributed by atoms with E-state index >= 15 is 0 Å². The average molecular weight is 334 g/mol. The van der Waals surface area contributed by atoms with E-state index in [9.17, 15) is 4.79 Å². The van der Waals surface area contributed by atoms with Gasteiger partial charge in [0.15, 0.2) is 0 Å². The first kappa shape index (κ1) is 12.4. The van der Waals surface area contributed by atoms with Crippen LogP contribution in [0.4, 0.5) is 0 Å². The van der Waals surface area contributed by atoms with Gasteiger partial charge in [-0.2, -0.15) is 0 Å². The van der Waals surface area contributed by atoms with Crippen molar-refractivity contribution in [2.45, 2.75) is 6.42 Å². The van der Waals surface area contributed by atoms with Gasteiger partial charge >= 0.3 is 0 Å². The summed E-state index contributed by atoms with van der Waals surface area (Å²) < 4.78 is 1.04. The Bertz CT molecular complexity index is 381. The lowest BCUT2D eigenvalue weighted by atomic mass is 10.2. The van der Waals surface area contributed by atoms with Crippen LogP contribution in [0, 0.1) is 3.57 Å². The molecule has 3 nitrogen and oxygen atoms in total. The van der Waals surface area contributed by atoms with Crippen LogP contribution in [-0.4, -0.2) is 17.4 Å². The lowest BCUT2D eigenvalue weighted by molar-refractivity contribution is 0.0955. The molecule has 15 heavy (non-hydrogen) atoms. The molecule has 0 saturated carbocycles. The molecule has 0 aliphatic carbocycles. The topological polar surface area (TPSA) is 55.1 Å². The molecule has 0 radical (unpaired) electrons. The van der Waals surface area contributed by atoms with Gasteiger partial charge in [-0.05, 0) is 40.8 Å². The van der Waals surface area contributed by atoms with Crippen LogP contribution in [0.3, 0.4) is 0 Å². The molecule has 3 N–H and O–H groups in total. The molecule has 1 aromatic rings. The second-order valence-corrected chi connectivity index (χ2v) is 4.75. The van der Waals surface area contributed by atoms with Gasteiger partial charge in [0.2, 0.25) is 0 Å². The molecule has 0 aliphatic rings. The highest BCUT2D eigenvalue weighted by Crippen LogP contribution is 2.07. The van der Waals surface area contributed by atoms with E-state index in [1.54, 1.807) is 6.07 Å². The third-order valence-corrected chi connectivity index (χ3v) is 2.62. The molecule has 0 spiro atoms. The molecule has 1 amide bonds. The quantitative estimate of drug-likeness (QED) is 0.651. The van der Waals surface area contributed by atoms with Gasteiger partial charge < -0.3 is 11.1 Å². The summed E-state index contributed by atoms with van der Waals surface area (Å²) in [4.78, 5) is 12.0. The summed E-state index contributed by atoms with van der Waals surface area (Å²) >= 11 is 6.88. The predicted molar refractivity (Wildman–Crippen MR) is 72.9 cm³/mol. The molecule has 0 fully saturated rings. The van der Waals surface area contributed by atoms with Gasteiger partial charge in [-0.15, -0.1) is 0 Å². The number of nitrogens with one attached hydrogen (secondary N) is 1. The zero-order chi connectivity index (χ0) is 11.3. The van der Waals surface area contributed by atoms with Crippen LogP contribution in [-0.2, 0) is 0 Å². The van der Waals surface area contributed by atoms with E-state index in [-0.39, 0.29) is 5.91 Å². The van der Waals surface area contributed by atoms with E-state index in [4.69, 9.17) is 18.0 Å². The Balaban J connectivity index is 2.50. The molecular formula is C10H11IN2OS. The Morgan fingerprint density at radius 2 is 2.27 bits per heavy atom. The Morgan fingerprint density at radius 1 is 1.53 bits per heavy atom. The van der Waals surface area contributed by atoms with Crippen molar-refractivity contribution in [2.75, 3.05) is 6.54 Å². The Hall–Kier alpha value is -0.690. The summed E-state index contributed by atoms with van der Waals surface area (Å²) in [5, 5.41) is 2.75. The van der Waals surface area contributed by atoms with E-state index < -0.39 is 0 Å². The Morgan fingerprint density at radius 3 is 2.87 bits per heavy atom. The van der Waals surface area contributed by atoms with Crippen molar-refractivity contribution in [3.05, 3.63) is 33.4 Å². The maximum Gasteiger partial charge on any atom is 0.251 e. The largest absolute Gasteiger partial charge is 0.393 e. The molecule has 5 heteroatoms. The fourth-order valence-corrected chi connectivity index (χ4v) is 1.68. The van der Waals surface area contributed by atoms with Crippen molar-refractivity contribution < 1.29 is 4.79 Å². The lowest BCUT2D eigenvalue weighted by Gasteiger charge is -2.04. The highest BCUT2D eigenvalue weighted by atomic mass is 127. The standard InChI is InChI=1S/C10H11IN2OS/c11-8-3-1-2-7(6-8)10(14)13-5-4-9(12)15/h1-3,6H,4-5H2,(H2,12,15)(H,13,14). The SMILES string of the molecule is NC(=S)CCNC(=O)c1cccc(I)c1. The van der Waals surface area contributed by atoms with Gasteiger partial charge in [-0.25, -0.2) is 0 Å². The normalized spacial score (nSPS) is 9.67. The van der Waals surface area contributed by atoms with Crippen molar-refractivity contribution in [2.24, 2.45) is 5.73 Å². The van der Waals surface area contributed by atoms with Crippen LogP contribution in [0.5, 0.6) is 0 Å². The minimum Gasteiger partial charge on any atom is -0.393 e. The highest BCUT2D eigenvalue weighted by Gasteiger charge is 2.04. The van der Waals surface area contributed by atoms with Crippen LogP contribution in [0.15, 0.2) is 24.3 Å².